The number of carbonyl (C=O) groups excluding carboxylic acids is 1. The Morgan fingerprint density at radius 2 is 2.11 bits per heavy atom. The lowest BCUT2D eigenvalue weighted by molar-refractivity contribution is -0.156. The van der Waals surface area contributed by atoms with E-state index in [0.29, 0.717) is 5.69 Å². The minimum Gasteiger partial charge on any atom is -0.479 e. The van der Waals surface area contributed by atoms with Crippen molar-refractivity contribution in [3.05, 3.63) is 29.8 Å². The summed E-state index contributed by atoms with van der Waals surface area (Å²) in [5, 5.41) is 20.4. The number of nitrogen functional groups attached to an aromatic ring is 1. The average molecular weight is 252 g/mol. The van der Waals surface area contributed by atoms with Crippen LogP contribution in [0.4, 0.5) is 5.69 Å². The molecule has 0 bridgehead atoms. The van der Waals surface area contributed by atoms with Crippen molar-refractivity contribution in [3.63, 3.8) is 0 Å². The molecule has 0 heterocycles. The molecule has 0 spiro atoms. The summed E-state index contributed by atoms with van der Waals surface area (Å²) in [6.45, 7) is 0.777. The molecule has 1 amide bonds. The third-order valence-electron chi connectivity index (χ3n) is 2.41. The number of nitrogens with two attached hydrogens (primary N) is 1. The summed E-state index contributed by atoms with van der Waals surface area (Å²) in [7, 11) is 0. The van der Waals surface area contributed by atoms with Gasteiger partial charge in [-0.2, -0.15) is 0 Å². The van der Waals surface area contributed by atoms with Gasteiger partial charge in [-0.15, -0.1) is 0 Å². The summed E-state index contributed by atoms with van der Waals surface area (Å²) in [6.07, 6.45) is 0.0841. The molecule has 0 aliphatic rings. The van der Waals surface area contributed by atoms with Gasteiger partial charge in [-0.3, -0.25) is 4.79 Å². The fraction of sp³-hybridized carbons (Fsp3) is 0.333. The number of hydrogen-bond donors (Lipinski definition) is 4. The first kappa shape index (κ1) is 14.0. The number of carbonyl (C=O) groups is 2. The largest absolute Gasteiger partial charge is 0.479 e. The van der Waals surface area contributed by atoms with Gasteiger partial charge in [0.2, 0.25) is 5.91 Å². The van der Waals surface area contributed by atoms with E-state index in [0.717, 1.165) is 12.5 Å². The number of carboxylic acid groups (broad SMARTS) is 1. The molecule has 1 aromatic rings. The molecule has 6 heteroatoms. The van der Waals surface area contributed by atoms with Crippen molar-refractivity contribution in [3.8, 4) is 0 Å². The van der Waals surface area contributed by atoms with Crippen LogP contribution in [0.15, 0.2) is 24.3 Å². The number of anilines is 1. The lowest BCUT2D eigenvalue weighted by Gasteiger charge is -2.18. The van der Waals surface area contributed by atoms with Gasteiger partial charge in [0.25, 0.3) is 0 Å². The summed E-state index contributed by atoms with van der Waals surface area (Å²) < 4.78 is 0. The molecule has 1 rings (SSSR count). The fourth-order valence-electron chi connectivity index (χ4n) is 1.30. The van der Waals surface area contributed by atoms with E-state index in [4.69, 9.17) is 10.8 Å². The van der Waals surface area contributed by atoms with Crippen LogP contribution >= 0.6 is 0 Å². The summed E-state index contributed by atoms with van der Waals surface area (Å²) in [5.74, 6) is -1.76. The zero-order valence-corrected chi connectivity index (χ0v) is 10.0. The number of nitrogens with one attached hydrogen (secondary N) is 1. The lowest BCUT2D eigenvalue weighted by Crippen LogP contribution is -2.46. The van der Waals surface area contributed by atoms with Gasteiger partial charge in [0.1, 0.15) is 0 Å². The highest BCUT2D eigenvalue weighted by Crippen LogP contribution is 2.07. The van der Waals surface area contributed by atoms with Gasteiger partial charge in [0.05, 0.1) is 13.0 Å². The second-order valence-electron chi connectivity index (χ2n) is 4.28. The van der Waals surface area contributed by atoms with Gasteiger partial charge < -0.3 is 21.3 Å². The zero-order chi connectivity index (χ0) is 13.8. The van der Waals surface area contributed by atoms with Crippen LogP contribution in [-0.2, 0) is 16.0 Å². The molecular formula is C12H16N2O4. The Bertz CT molecular complexity index is 457. The molecule has 0 aliphatic carbocycles. The fourth-order valence-corrected chi connectivity index (χ4v) is 1.30. The molecule has 0 radical (unpaired) electrons. The Morgan fingerprint density at radius 3 is 2.67 bits per heavy atom. The maximum Gasteiger partial charge on any atom is 0.337 e. The van der Waals surface area contributed by atoms with Crippen molar-refractivity contribution in [1.29, 1.82) is 0 Å². The minimum atomic E-state index is -1.97. The van der Waals surface area contributed by atoms with E-state index in [1.807, 2.05) is 0 Å². The summed E-state index contributed by atoms with van der Waals surface area (Å²) in [6, 6.07) is 6.84. The first-order valence-electron chi connectivity index (χ1n) is 5.38. The predicted octanol–water partition coefficient (Wildman–Crippen LogP) is -0.237. The Kier molecular flexibility index (Phi) is 4.28. The van der Waals surface area contributed by atoms with Crippen LogP contribution in [0.3, 0.4) is 0 Å². The average Bonchev–Trinajstić information content (AvgIpc) is 2.26. The highest BCUT2D eigenvalue weighted by Gasteiger charge is 2.30. The first-order chi connectivity index (χ1) is 8.31. The third-order valence-corrected chi connectivity index (χ3v) is 2.41. The molecule has 0 aliphatic heterocycles. The van der Waals surface area contributed by atoms with Gasteiger partial charge >= 0.3 is 5.97 Å². The van der Waals surface area contributed by atoms with Crippen LogP contribution in [0.25, 0.3) is 0 Å². The highest BCUT2D eigenvalue weighted by molar-refractivity contribution is 5.81. The van der Waals surface area contributed by atoms with Crippen molar-refractivity contribution < 1.29 is 19.8 Å². The van der Waals surface area contributed by atoms with E-state index in [9.17, 15) is 14.7 Å². The highest BCUT2D eigenvalue weighted by atomic mass is 16.4. The quantitative estimate of drug-likeness (QED) is 0.540. The number of benzene rings is 1. The SMILES string of the molecule is CC(O)(CNC(=O)Cc1cccc(N)c1)C(=O)O. The molecule has 1 aromatic carbocycles. The van der Waals surface area contributed by atoms with Crippen LogP contribution < -0.4 is 11.1 Å². The molecule has 1 unspecified atom stereocenters. The molecule has 6 nitrogen and oxygen atoms in total. The smallest absolute Gasteiger partial charge is 0.337 e. The van der Waals surface area contributed by atoms with E-state index in [1.165, 1.54) is 0 Å². The van der Waals surface area contributed by atoms with Crippen LogP contribution in [0.5, 0.6) is 0 Å². The lowest BCUT2D eigenvalue weighted by atomic mass is 10.1. The molecule has 1 atom stereocenters. The summed E-state index contributed by atoms with van der Waals surface area (Å²) in [4.78, 5) is 22.2. The Morgan fingerprint density at radius 1 is 1.44 bits per heavy atom. The number of aliphatic hydroxyl groups is 1. The zero-order valence-electron chi connectivity index (χ0n) is 10.0. The van der Waals surface area contributed by atoms with Gasteiger partial charge in [-0.25, -0.2) is 4.79 Å². The number of amides is 1. The predicted molar refractivity (Wildman–Crippen MR) is 65.8 cm³/mol. The van der Waals surface area contributed by atoms with Crippen LogP contribution in [-0.4, -0.2) is 34.2 Å². The van der Waals surface area contributed by atoms with E-state index in [2.05, 4.69) is 5.32 Å². The molecule has 5 N–H and O–H groups in total. The van der Waals surface area contributed by atoms with E-state index in [-0.39, 0.29) is 18.9 Å². The Balaban J connectivity index is 2.50. The van der Waals surface area contributed by atoms with E-state index >= 15 is 0 Å². The second kappa shape index (κ2) is 5.50. The van der Waals surface area contributed by atoms with Crippen molar-refractivity contribution in [1.82, 2.24) is 5.32 Å². The molecule has 98 valence electrons. The van der Waals surface area contributed by atoms with Crippen LogP contribution in [0.2, 0.25) is 0 Å². The number of rotatable bonds is 5. The monoisotopic (exact) mass is 252 g/mol. The molecule has 0 saturated carbocycles. The molecule has 0 saturated heterocycles. The number of carboxylic acids is 1. The Labute approximate surface area is 104 Å². The van der Waals surface area contributed by atoms with E-state index in [1.54, 1.807) is 24.3 Å². The van der Waals surface area contributed by atoms with Crippen molar-refractivity contribution in [2.45, 2.75) is 18.9 Å². The van der Waals surface area contributed by atoms with Crippen LogP contribution in [0.1, 0.15) is 12.5 Å². The van der Waals surface area contributed by atoms with Gasteiger partial charge in [-0.05, 0) is 24.6 Å². The van der Waals surface area contributed by atoms with Crippen molar-refractivity contribution >= 4 is 17.6 Å². The number of aliphatic carboxylic acids is 1. The second-order valence-corrected chi connectivity index (χ2v) is 4.28. The number of hydrogen-bond acceptors (Lipinski definition) is 4. The topological polar surface area (TPSA) is 113 Å². The van der Waals surface area contributed by atoms with Gasteiger partial charge in [0, 0.05) is 5.69 Å². The summed E-state index contributed by atoms with van der Waals surface area (Å²) >= 11 is 0. The Hall–Kier alpha value is -2.08. The maximum atomic E-state index is 11.5. The third kappa shape index (κ3) is 4.06. The van der Waals surface area contributed by atoms with Gasteiger partial charge in [0.15, 0.2) is 5.60 Å². The maximum absolute atomic E-state index is 11.5. The molecular weight excluding hydrogens is 236 g/mol. The minimum absolute atomic E-state index is 0.0841. The molecule has 0 fully saturated rings. The van der Waals surface area contributed by atoms with Crippen LogP contribution in [0, 0.1) is 0 Å². The van der Waals surface area contributed by atoms with E-state index < -0.39 is 11.6 Å². The molecule has 18 heavy (non-hydrogen) atoms. The molecule has 0 aromatic heterocycles. The van der Waals surface area contributed by atoms with Crippen molar-refractivity contribution in [2.24, 2.45) is 0 Å². The standard InChI is InChI=1S/C12H16N2O4/c1-12(18,11(16)17)7-14-10(15)6-8-3-2-4-9(13)5-8/h2-5,18H,6-7,13H2,1H3,(H,14,15)(H,16,17). The first-order valence-corrected chi connectivity index (χ1v) is 5.38. The summed E-state index contributed by atoms with van der Waals surface area (Å²) in [5.41, 5.74) is 4.88. The van der Waals surface area contributed by atoms with Crippen molar-refractivity contribution in [2.75, 3.05) is 12.3 Å². The van der Waals surface area contributed by atoms with Gasteiger partial charge in [-0.1, -0.05) is 12.1 Å². The normalized spacial score (nSPS) is 13.7.